The molecule has 3 nitrogen and oxygen atoms in total. The predicted octanol–water partition coefficient (Wildman–Crippen LogP) is 2.89. The Hall–Kier alpha value is -0.700. The van der Waals surface area contributed by atoms with E-state index in [2.05, 4.69) is 6.92 Å². The van der Waals surface area contributed by atoms with Crippen LogP contribution >= 0.6 is 0 Å². The fourth-order valence-electron chi connectivity index (χ4n) is 1.50. The molecule has 0 aliphatic rings. The van der Waals surface area contributed by atoms with Crippen LogP contribution in [0.4, 0.5) is 0 Å². The smallest absolute Gasteiger partial charge is 0.0578 e. The lowest BCUT2D eigenvalue weighted by atomic mass is 9.93. The molecular formula is C11H22N2O. The van der Waals surface area contributed by atoms with Crippen LogP contribution < -0.4 is 0 Å². The molecule has 3 heteroatoms. The molecule has 0 bridgehead atoms. The molecule has 0 heterocycles. The van der Waals surface area contributed by atoms with Gasteiger partial charge in [-0.1, -0.05) is 0 Å². The molecule has 0 spiro atoms. The van der Waals surface area contributed by atoms with Crippen LogP contribution in [0.3, 0.4) is 0 Å². The normalized spacial score (nSPS) is 14.8. The second kappa shape index (κ2) is 7.68. The topological polar surface area (TPSA) is 56.9 Å². The zero-order valence-electron chi connectivity index (χ0n) is 9.47. The predicted molar refractivity (Wildman–Crippen MR) is 60.6 cm³/mol. The number of hydrogen-bond donors (Lipinski definition) is 2. The van der Waals surface area contributed by atoms with Gasteiger partial charge < -0.3 is 15.6 Å². The van der Waals surface area contributed by atoms with Gasteiger partial charge in [0.25, 0.3) is 0 Å². The van der Waals surface area contributed by atoms with E-state index in [4.69, 9.17) is 15.6 Å². The maximum absolute atomic E-state index is 7.36. The van der Waals surface area contributed by atoms with Gasteiger partial charge in [-0.2, -0.15) is 0 Å². The molecule has 0 aromatic rings. The molecule has 2 N–H and O–H groups in total. The average molecular weight is 198 g/mol. The maximum atomic E-state index is 7.36. The second-order valence-electron chi connectivity index (χ2n) is 3.68. The summed E-state index contributed by atoms with van der Waals surface area (Å²) in [6.07, 6.45) is 4.16. The van der Waals surface area contributed by atoms with Gasteiger partial charge in [-0.3, -0.25) is 0 Å². The highest BCUT2D eigenvalue weighted by Gasteiger charge is 2.16. The molecular weight excluding hydrogens is 176 g/mol. The minimum absolute atomic E-state index is 0.195. The van der Waals surface area contributed by atoms with E-state index < -0.39 is 0 Å². The Morgan fingerprint density at radius 2 is 2.14 bits per heavy atom. The van der Waals surface area contributed by atoms with Crippen molar-refractivity contribution in [2.24, 2.45) is 5.92 Å². The van der Waals surface area contributed by atoms with Gasteiger partial charge in [-0.25, -0.2) is 0 Å². The fraction of sp³-hybridized carbons (Fsp3) is 0.818. The van der Waals surface area contributed by atoms with Crippen molar-refractivity contribution in [1.82, 2.24) is 0 Å². The van der Waals surface area contributed by atoms with Crippen LogP contribution in [0.5, 0.6) is 0 Å². The Bertz CT molecular complexity index is 180. The summed E-state index contributed by atoms with van der Waals surface area (Å²) < 4.78 is 5.52. The third-order valence-electron chi connectivity index (χ3n) is 2.40. The number of rotatable bonds is 8. The van der Waals surface area contributed by atoms with Gasteiger partial charge in [0.2, 0.25) is 0 Å². The van der Waals surface area contributed by atoms with Crippen LogP contribution in [0.25, 0.3) is 0 Å². The largest absolute Gasteiger partial charge is 0.378 e. The summed E-state index contributed by atoms with van der Waals surface area (Å²) in [6.45, 7) is 6.59. The van der Waals surface area contributed by atoms with Gasteiger partial charge in [0, 0.05) is 12.3 Å². The first-order valence-corrected chi connectivity index (χ1v) is 5.26. The summed E-state index contributed by atoms with van der Waals surface area (Å²) >= 11 is 0. The first kappa shape index (κ1) is 13.3. The van der Waals surface area contributed by atoms with E-state index in [9.17, 15) is 0 Å². The Balaban J connectivity index is 3.98. The molecule has 0 amide bonds. The molecule has 0 fully saturated rings. The third-order valence-corrected chi connectivity index (χ3v) is 2.40. The first-order chi connectivity index (χ1) is 6.61. The summed E-state index contributed by atoms with van der Waals surface area (Å²) in [7, 11) is 0. The van der Waals surface area contributed by atoms with E-state index in [-0.39, 0.29) is 6.10 Å². The number of ether oxygens (including phenoxy) is 1. The highest BCUT2D eigenvalue weighted by atomic mass is 16.5. The summed E-state index contributed by atoms with van der Waals surface area (Å²) in [6, 6.07) is 0. The summed E-state index contributed by atoms with van der Waals surface area (Å²) in [4.78, 5) is 0. The lowest BCUT2D eigenvalue weighted by Crippen LogP contribution is -2.22. The van der Waals surface area contributed by atoms with Gasteiger partial charge in [-0.05, 0) is 52.2 Å². The quantitative estimate of drug-likeness (QED) is 0.579. The van der Waals surface area contributed by atoms with E-state index >= 15 is 0 Å². The summed E-state index contributed by atoms with van der Waals surface area (Å²) in [5, 5.41) is 14.5. The third kappa shape index (κ3) is 5.86. The van der Waals surface area contributed by atoms with E-state index in [0.29, 0.717) is 11.6 Å². The van der Waals surface area contributed by atoms with Gasteiger partial charge in [0.15, 0.2) is 0 Å². The average Bonchev–Trinajstić information content (AvgIpc) is 2.12. The van der Waals surface area contributed by atoms with E-state index in [1.165, 1.54) is 6.21 Å². The molecule has 0 saturated carbocycles. The minimum Gasteiger partial charge on any atom is -0.378 e. The monoisotopic (exact) mass is 198 g/mol. The molecule has 0 aliphatic heterocycles. The van der Waals surface area contributed by atoms with Crippen LogP contribution in [-0.2, 0) is 4.74 Å². The van der Waals surface area contributed by atoms with Crippen molar-refractivity contribution in [3.8, 4) is 0 Å². The molecule has 82 valence electrons. The Labute approximate surface area is 86.9 Å². The lowest BCUT2D eigenvalue weighted by molar-refractivity contribution is 0.0333. The van der Waals surface area contributed by atoms with Crippen molar-refractivity contribution in [3.05, 3.63) is 0 Å². The van der Waals surface area contributed by atoms with Crippen molar-refractivity contribution in [2.75, 3.05) is 6.61 Å². The van der Waals surface area contributed by atoms with Crippen molar-refractivity contribution in [1.29, 1.82) is 10.8 Å². The second-order valence-corrected chi connectivity index (χ2v) is 3.68. The van der Waals surface area contributed by atoms with Gasteiger partial charge in [0.05, 0.1) is 6.10 Å². The van der Waals surface area contributed by atoms with Gasteiger partial charge >= 0.3 is 0 Å². The molecule has 2 atom stereocenters. The van der Waals surface area contributed by atoms with E-state index in [1.807, 2.05) is 13.8 Å². The highest BCUT2D eigenvalue weighted by molar-refractivity contribution is 5.78. The van der Waals surface area contributed by atoms with Crippen molar-refractivity contribution >= 4 is 11.9 Å². The molecule has 0 rings (SSSR count). The molecule has 0 aromatic carbocycles. The maximum Gasteiger partial charge on any atom is 0.0578 e. The summed E-state index contributed by atoms with van der Waals surface area (Å²) in [5.74, 6) is 0.382. The first-order valence-electron chi connectivity index (χ1n) is 5.26. The zero-order valence-corrected chi connectivity index (χ0v) is 9.47. The fourth-order valence-corrected chi connectivity index (χ4v) is 1.50. The number of hydrogen-bond acceptors (Lipinski definition) is 3. The van der Waals surface area contributed by atoms with Gasteiger partial charge in [-0.15, -0.1) is 0 Å². The SMILES string of the molecule is CCOC(C)C(CC=N)CCC(C)=N. The van der Waals surface area contributed by atoms with Crippen molar-refractivity contribution < 1.29 is 4.74 Å². The van der Waals surface area contributed by atoms with Gasteiger partial charge in [0.1, 0.15) is 0 Å². The molecule has 14 heavy (non-hydrogen) atoms. The van der Waals surface area contributed by atoms with Crippen LogP contribution in [0.2, 0.25) is 0 Å². The Morgan fingerprint density at radius 3 is 2.57 bits per heavy atom. The molecule has 2 unspecified atom stereocenters. The van der Waals surface area contributed by atoms with Crippen LogP contribution in [-0.4, -0.2) is 24.6 Å². The Kier molecular flexibility index (Phi) is 7.30. The molecule has 0 saturated heterocycles. The summed E-state index contributed by atoms with van der Waals surface area (Å²) in [5.41, 5.74) is 0.712. The Morgan fingerprint density at radius 1 is 1.50 bits per heavy atom. The van der Waals surface area contributed by atoms with E-state index in [0.717, 1.165) is 25.9 Å². The lowest BCUT2D eigenvalue weighted by Gasteiger charge is -2.22. The standard InChI is InChI=1S/C11H22N2O/c1-4-14-10(3)11(7-8-12)6-5-9(2)13/h8,10-13H,4-7H2,1-3H3. The van der Waals surface area contributed by atoms with Crippen LogP contribution in [0.15, 0.2) is 0 Å². The molecule has 0 aromatic heterocycles. The zero-order chi connectivity index (χ0) is 11.0. The number of nitrogens with one attached hydrogen (secondary N) is 2. The van der Waals surface area contributed by atoms with Crippen molar-refractivity contribution in [2.45, 2.75) is 46.1 Å². The van der Waals surface area contributed by atoms with Crippen molar-refractivity contribution in [3.63, 3.8) is 0 Å². The van der Waals surface area contributed by atoms with E-state index in [1.54, 1.807) is 0 Å². The minimum atomic E-state index is 0.195. The molecule has 0 aliphatic carbocycles. The van der Waals surface area contributed by atoms with Crippen LogP contribution in [0.1, 0.15) is 40.0 Å². The van der Waals surface area contributed by atoms with Crippen LogP contribution in [0, 0.1) is 16.7 Å². The molecule has 0 radical (unpaired) electrons. The highest BCUT2D eigenvalue weighted by Crippen LogP contribution is 2.17.